The van der Waals surface area contributed by atoms with E-state index >= 15 is 0 Å². The van der Waals surface area contributed by atoms with E-state index in [0.717, 1.165) is 21.9 Å². The van der Waals surface area contributed by atoms with Crippen molar-refractivity contribution in [1.29, 1.82) is 5.26 Å². The highest BCUT2D eigenvalue weighted by Crippen LogP contribution is 2.27. The molecule has 174 valence electrons. The van der Waals surface area contributed by atoms with Crippen molar-refractivity contribution in [3.63, 3.8) is 0 Å². The topological polar surface area (TPSA) is 103 Å². The summed E-state index contributed by atoms with van der Waals surface area (Å²) in [6, 6.07) is 19.5. The van der Waals surface area contributed by atoms with Crippen molar-refractivity contribution < 1.29 is 13.2 Å². The van der Waals surface area contributed by atoms with Gasteiger partial charge in [-0.1, -0.05) is 6.07 Å². The molecule has 1 saturated heterocycles. The first kappa shape index (κ1) is 24.0. The van der Waals surface area contributed by atoms with Crippen molar-refractivity contribution in [2.75, 3.05) is 18.4 Å². The molecule has 0 saturated carbocycles. The molecule has 1 amide bonds. The summed E-state index contributed by atoms with van der Waals surface area (Å²) in [6.07, 6.45) is 4.52. The summed E-state index contributed by atoms with van der Waals surface area (Å²) >= 11 is 1.70. The van der Waals surface area contributed by atoms with Crippen LogP contribution in [0.15, 0.2) is 82.8 Å². The van der Waals surface area contributed by atoms with Gasteiger partial charge < -0.3 is 5.32 Å². The van der Waals surface area contributed by atoms with E-state index in [9.17, 15) is 13.2 Å². The van der Waals surface area contributed by atoms with Gasteiger partial charge in [0.15, 0.2) is 0 Å². The fourth-order valence-corrected chi connectivity index (χ4v) is 6.04. The second kappa shape index (κ2) is 10.8. The Morgan fingerprint density at radius 3 is 2.41 bits per heavy atom. The molecule has 1 N–H and O–H groups in total. The number of benzene rings is 2. The Morgan fingerprint density at radius 2 is 1.79 bits per heavy atom. The summed E-state index contributed by atoms with van der Waals surface area (Å²) < 4.78 is 27.1. The number of thioether (sulfide) groups is 1. The maximum absolute atomic E-state index is 12.9. The number of hydrogen-bond acceptors (Lipinski definition) is 6. The molecule has 1 aliphatic rings. The van der Waals surface area contributed by atoms with E-state index in [1.54, 1.807) is 18.0 Å². The minimum atomic E-state index is -3.64. The molecule has 0 unspecified atom stereocenters. The van der Waals surface area contributed by atoms with Crippen LogP contribution in [-0.2, 0) is 20.6 Å². The number of pyridine rings is 1. The van der Waals surface area contributed by atoms with Gasteiger partial charge in [-0.05, 0) is 73.0 Å². The highest BCUT2D eigenvalue weighted by Gasteiger charge is 2.32. The molecule has 3 aromatic rings. The molecule has 2 heterocycles. The van der Waals surface area contributed by atoms with Gasteiger partial charge in [0.25, 0.3) is 0 Å². The van der Waals surface area contributed by atoms with Crippen LogP contribution in [0, 0.1) is 17.2 Å². The molecular formula is C25H24N4O3S2. The number of nitrogens with zero attached hydrogens (tertiary/aromatic N) is 3. The zero-order chi connectivity index (χ0) is 24.0. The molecule has 1 aliphatic heterocycles. The average molecular weight is 493 g/mol. The van der Waals surface area contributed by atoms with Crippen LogP contribution in [0.2, 0.25) is 0 Å². The zero-order valence-electron chi connectivity index (χ0n) is 18.4. The Labute approximate surface area is 203 Å². The quantitative estimate of drug-likeness (QED) is 0.494. The van der Waals surface area contributed by atoms with Gasteiger partial charge in [-0.25, -0.2) is 8.42 Å². The predicted octanol–water partition coefficient (Wildman–Crippen LogP) is 4.28. The van der Waals surface area contributed by atoms with E-state index in [0.29, 0.717) is 18.4 Å². The van der Waals surface area contributed by atoms with Crippen LogP contribution in [0.3, 0.4) is 0 Å². The molecule has 9 heteroatoms. The Bertz CT molecular complexity index is 1260. The number of anilines is 1. The van der Waals surface area contributed by atoms with Gasteiger partial charge in [-0.15, -0.1) is 11.8 Å². The predicted molar refractivity (Wildman–Crippen MR) is 132 cm³/mol. The third-order valence-corrected chi connectivity index (χ3v) is 8.69. The van der Waals surface area contributed by atoms with Crippen molar-refractivity contribution >= 4 is 33.4 Å². The maximum Gasteiger partial charge on any atom is 0.243 e. The zero-order valence-corrected chi connectivity index (χ0v) is 20.1. The van der Waals surface area contributed by atoms with E-state index in [1.165, 1.54) is 28.6 Å². The van der Waals surface area contributed by atoms with Gasteiger partial charge in [0, 0.05) is 47.7 Å². The number of piperidine rings is 1. The monoisotopic (exact) mass is 492 g/mol. The Hall–Kier alpha value is -3.19. The van der Waals surface area contributed by atoms with Gasteiger partial charge in [0.2, 0.25) is 15.9 Å². The van der Waals surface area contributed by atoms with Gasteiger partial charge in [-0.3, -0.25) is 9.78 Å². The van der Waals surface area contributed by atoms with E-state index in [1.807, 2.05) is 48.7 Å². The van der Waals surface area contributed by atoms with Gasteiger partial charge in [0.05, 0.1) is 16.5 Å². The minimum absolute atomic E-state index is 0.0915. The molecule has 1 aromatic heterocycles. The number of rotatable bonds is 7. The van der Waals surface area contributed by atoms with Gasteiger partial charge in [0.1, 0.15) is 0 Å². The second-order valence-corrected chi connectivity index (χ2v) is 11.0. The molecule has 0 atom stereocenters. The van der Waals surface area contributed by atoms with Crippen molar-refractivity contribution in [3.05, 3.63) is 84.2 Å². The van der Waals surface area contributed by atoms with Gasteiger partial charge in [-0.2, -0.15) is 9.57 Å². The first-order valence-electron chi connectivity index (χ1n) is 10.9. The average Bonchev–Trinajstić information content (AvgIpc) is 2.89. The largest absolute Gasteiger partial charge is 0.326 e. The van der Waals surface area contributed by atoms with Crippen LogP contribution in [0.25, 0.3) is 0 Å². The van der Waals surface area contributed by atoms with Crippen LogP contribution < -0.4 is 5.32 Å². The van der Waals surface area contributed by atoms with Crippen molar-refractivity contribution in [2.24, 2.45) is 5.92 Å². The second-order valence-electron chi connectivity index (χ2n) is 7.98. The number of hydrogen-bond donors (Lipinski definition) is 1. The number of aromatic nitrogens is 1. The van der Waals surface area contributed by atoms with E-state index in [2.05, 4.69) is 10.3 Å². The molecule has 1 fully saturated rings. The standard InChI is InChI=1S/C25H24N4O3S2/c26-16-19-3-9-24(10-4-19)34(31,32)29-14-11-21(12-15-29)25(30)28-22-5-7-23(8-6-22)33-18-20-2-1-13-27-17-20/h1-10,13,17,21H,11-12,14-15,18H2,(H,28,30). The number of carbonyl (C=O) groups is 1. The Morgan fingerprint density at radius 1 is 1.09 bits per heavy atom. The van der Waals surface area contributed by atoms with Crippen LogP contribution >= 0.6 is 11.8 Å². The maximum atomic E-state index is 12.9. The number of carbonyl (C=O) groups excluding carboxylic acids is 1. The highest BCUT2D eigenvalue weighted by atomic mass is 32.2. The molecule has 0 spiro atoms. The summed E-state index contributed by atoms with van der Waals surface area (Å²) in [5.41, 5.74) is 2.29. The van der Waals surface area contributed by atoms with E-state index < -0.39 is 10.0 Å². The first-order chi connectivity index (χ1) is 16.5. The molecule has 4 rings (SSSR count). The normalized spacial score (nSPS) is 14.9. The summed E-state index contributed by atoms with van der Waals surface area (Å²) in [4.78, 5) is 18.1. The lowest BCUT2D eigenvalue weighted by molar-refractivity contribution is -0.120. The fourth-order valence-electron chi connectivity index (χ4n) is 3.74. The number of nitrogens with one attached hydrogen (secondary N) is 1. The van der Waals surface area contributed by atoms with Gasteiger partial charge >= 0.3 is 0 Å². The Kier molecular flexibility index (Phi) is 7.63. The SMILES string of the molecule is N#Cc1ccc(S(=O)(=O)N2CCC(C(=O)Nc3ccc(SCc4cccnc4)cc3)CC2)cc1. The molecule has 0 radical (unpaired) electrons. The lowest BCUT2D eigenvalue weighted by Gasteiger charge is -2.30. The van der Waals surface area contributed by atoms with Crippen LogP contribution in [0.4, 0.5) is 5.69 Å². The Balaban J connectivity index is 1.28. The van der Waals surface area contributed by atoms with Crippen LogP contribution in [0.1, 0.15) is 24.0 Å². The molecule has 7 nitrogen and oxygen atoms in total. The lowest BCUT2D eigenvalue weighted by Crippen LogP contribution is -2.41. The van der Waals surface area contributed by atoms with Crippen molar-refractivity contribution in [1.82, 2.24) is 9.29 Å². The van der Waals surface area contributed by atoms with E-state index in [-0.39, 0.29) is 29.8 Å². The highest BCUT2D eigenvalue weighted by molar-refractivity contribution is 7.98. The minimum Gasteiger partial charge on any atom is -0.326 e. The molecule has 0 aliphatic carbocycles. The smallest absolute Gasteiger partial charge is 0.243 e. The number of sulfonamides is 1. The molecule has 34 heavy (non-hydrogen) atoms. The summed E-state index contributed by atoms with van der Waals surface area (Å²) in [6.45, 7) is 0.564. The summed E-state index contributed by atoms with van der Waals surface area (Å²) in [7, 11) is -3.64. The van der Waals surface area contributed by atoms with Crippen LogP contribution in [-0.4, -0.2) is 36.7 Å². The number of nitriles is 1. The fraction of sp³-hybridized carbons (Fsp3) is 0.240. The summed E-state index contributed by atoms with van der Waals surface area (Å²) in [5.74, 6) is 0.488. The van der Waals surface area contributed by atoms with Crippen molar-refractivity contribution in [3.8, 4) is 6.07 Å². The molecule has 2 aromatic carbocycles. The van der Waals surface area contributed by atoms with E-state index in [4.69, 9.17) is 5.26 Å². The third-order valence-electron chi connectivity index (χ3n) is 5.70. The number of amides is 1. The van der Waals surface area contributed by atoms with Crippen LogP contribution in [0.5, 0.6) is 0 Å². The summed E-state index contributed by atoms with van der Waals surface area (Å²) in [5, 5.41) is 11.9. The molecule has 0 bridgehead atoms. The lowest BCUT2D eigenvalue weighted by atomic mass is 9.97. The first-order valence-corrected chi connectivity index (χ1v) is 13.3. The molecular weight excluding hydrogens is 468 g/mol. The third kappa shape index (κ3) is 5.83. The van der Waals surface area contributed by atoms with Crippen molar-refractivity contribution in [2.45, 2.75) is 28.4 Å².